The van der Waals surface area contributed by atoms with Crippen molar-refractivity contribution < 1.29 is 0 Å². The molecule has 0 fully saturated rings. The summed E-state index contributed by atoms with van der Waals surface area (Å²) >= 11 is 8.62. The van der Waals surface area contributed by atoms with Crippen LogP contribution in [0.5, 0.6) is 0 Å². The molecule has 1 aromatic carbocycles. The molecule has 0 saturated carbocycles. The summed E-state index contributed by atoms with van der Waals surface area (Å²) in [6.07, 6.45) is 1.01. The van der Waals surface area contributed by atoms with Crippen LogP contribution < -0.4 is 11.1 Å². The minimum absolute atomic E-state index is 0.770. The van der Waals surface area contributed by atoms with E-state index < -0.39 is 0 Å². The van der Waals surface area contributed by atoms with Crippen LogP contribution in [0.1, 0.15) is 4.88 Å². The van der Waals surface area contributed by atoms with E-state index in [2.05, 4.69) is 49.3 Å². The minimum Gasteiger partial charge on any atom is -0.397 e. The van der Waals surface area contributed by atoms with Crippen molar-refractivity contribution >= 4 is 54.6 Å². The van der Waals surface area contributed by atoms with Crippen LogP contribution in [0.15, 0.2) is 38.6 Å². The summed E-state index contributed by atoms with van der Waals surface area (Å²) in [5, 5.41) is 3.34. The van der Waals surface area contributed by atoms with Gasteiger partial charge in [0.15, 0.2) is 0 Å². The molecule has 90 valence electrons. The summed E-state index contributed by atoms with van der Waals surface area (Å²) in [4.78, 5) is 1.36. The predicted octanol–water partition coefficient (Wildman–Crippen LogP) is 4.51. The third kappa shape index (κ3) is 3.72. The van der Waals surface area contributed by atoms with Crippen LogP contribution in [-0.2, 0) is 6.42 Å². The smallest absolute Gasteiger partial charge is 0.0701 e. The van der Waals surface area contributed by atoms with Crippen molar-refractivity contribution in [3.05, 3.63) is 43.5 Å². The van der Waals surface area contributed by atoms with E-state index in [0.29, 0.717) is 0 Å². The van der Waals surface area contributed by atoms with Crippen LogP contribution in [0.25, 0.3) is 0 Å². The fourth-order valence-corrected chi connectivity index (χ4v) is 3.36. The quantitative estimate of drug-likeness (QED) is 0.771. The molecule has 3 N–H and O–H groups in total. The molecule has 0 radical (unpaired) electrons. The van der Waals surface area contributed by atoms with Gasteiger partial charge in [0, 0.05) is 15.9 Å². The number of hydrogen-bond acceptors (Lipinski definition) is 3. The zero-order valence-corrected chi connectivity index (χ0v) is 13.0. The molecular formula is C12H12Br2N2S. The van der Waals surface area contributed by atoms with Gasteiger partial charge in [0.2, 0.25) is 0 Å². The van der Waals surface area contributed by atoms with Gasteiger partial charge in [0.1, 0.15) is 0 Å². The van der Waals surface area contributed by atoms with Gasteiger partial charge < -0.3 is 11.1 Å². The normalized spacial score (nSPS) is 10.5. The second-order valence-corrected chi connectivity index (χ2v) is 7.08. The molecule has 2 nitrogen and oxygen atoms in total. The first-order valence-electron chi connectivity index (χ1n) is 5.18. The number of rotatable bonds is 4. The molecule has 0 unspecified atom stereocenters. The van der Waals surface area contributed by atoms with Gasteiger partial charge in [-0.2, -0.15) is 0 Å². The average Bonchev–Trinajstić information content (AvgIpc) is 2.68. The minimum atomic E-state index is 0.770. The molecule has 0 bridgehead atoms. The Labute approximate surface area is 121 Å². The first-order valence-corrected chi connectivity index (χ1v) is 7.58. The van der Waals surface area contributed by atoms with Gasteiger partial charge in [-0.3, -0.25) is 0 Å². The molecule has 0 aliphatic heterocycles. The van der Waals surface area contributed by atoms with Gasteiger partial charge in [-0.05, 0) is 52.7 Å². The largest absolute Gasteiger partial charge is 0.397 e. The van der Waals surface area contributed by atoms with Crippen LogP contribution in [-0.4, -0.2) is 6.54 Å². The first-order chi connectivity index (χ1) is 8.15. The monoisotopic (exact) mass is 374 g/mol. The molecule has 2 rings (SSSR count). The first kappa shape index (κ1) is 12.9. The maximum Gasteiger partial charge on any atom is 0.0701 e. The number of nitrogen functional groups attached to an aromatic ring is 1. The Morgan fingerprint density at radius 2 is 2.00 bits per heavy atom. The number of benzene rings is 1. The highest BCUT2D eigenvalue weighted by Gasteiger charge is 2.00. The van der Waals surface area contributed by atoms with E-state index in [-0.39, 0.29) is 0 Å². The molecule has 17 heavy (non-hydrogen) atoms. The Morgan fingerprint density at radius 3 is 2.65 bits per heavy atom. The lowest BCUT2D eigenvalue weighted by atomic mass is 10.2. The van der Waals surface area contributed by atoms with Crippen LogP contribution >= 0.6 is 43.2 Å². The number of thiophene rings is 1. The maximum atomic E-state index is 5.91. The number of nitrogens with one attached hydrogen (secondary N) is 1. The number of nitrogens with two attached hydrogens (primary N) is 1. The Bertz CT molecular complexity index is 511. The molecule has 0 aliphatic rings. The van der Waals surface area contributed by atoms with Crippen LogP contribution in [0, 0.1) is 0 Å². The van der Waals surface area contributed by atoms with E-state index in [0.717, 1.165) is 28.8 Å². The van der Waals surface area contributed by atoms with Gasteiger partial charge in [-0.15, -0.1) is 11.3 Å². The molecule has 5 heteroatoms. The SMILES string of the molecule is Nc1cc(Br)ccc1NCCc1ccc(Br)s1. The maximum absolute atomic E-state index is 5.91. The fourth-order valence-electron chi connectivity index (χ4n) is 1.50. The molecule has 0 aliphatic carbocycles. The molecule has 1 aromatic heterocycles. The van der Waals surface area contributed by atoms with Crippen molar-refractivity contribution in [3.63, 3.8) is 0 Å². The van der Waals surface area contributed by atoms with Gasteiger partial charge in [0.05, 0.1) is 15.2 Å². The van der Waals surface area contributed by atoms with Crippen molar-refractivity contribution in [2.75, 3.05) is 17.6 Å². The van der Waals surface area contributed by atoms with E-state index in [1.807, 2.05) is 18.2 Å². The second kappa shape index (κ2) is 5.89. The lowest BCUT2D eigenvalue weighted by Gasteiger charge is -2.08. The third-order valence-electron chi connectivity index (χ3n) is 2.33. The van der Waals surface area contributed by atoms with E-state index in [9.17, 15) is 0 Å². The van der Waals surface area contributed by atoms with Gasteiger partial charge in [-0.25, -0.2) is 0 Å². The lowest BCUT2D eigenvalue weighted by molar-refractivity contribution is 1.05. The van der Waals surface area contributed by atoms with Gasteiger partial charge in [0.25, 0.3) is 0 Å². The predicted molar refractivity (Wildman–Crippen MR) is 82.8 cm³/mol. The van der Waals surface area contributed by atoms with Crippen molar-refractivity contribution in [1.29, 1.82) is 0 Å². The highest BCUT2D eigenvalue weighted by Crippen LogP contribution is 2.24. The molecule has 2 aromatic rings. The van der Waals surface area contributed by atoms with Crippen molar-refractivity contribution in [3.8, 4) is 0 Å². The third-order valence-corrected chi connectivity index (χ3v) is 4.51. The average molecular weight is 376 g/mol. The van der Waals surface area contributed by atoms with Crippen molar-refractivity contribution in [2.24, 2.45) is 0 Å². The van der Waals surface area contributed by atoms with E-state index in [1.54, 1.807) is 11.3 Å². The van der Waals surface area contributed by atoms with Crippen LogP contribution in [0.4, 0.5) is 11.4 Å². The Kier molecular flexibility index (Phi) is 4.48. The summed E-state index contributed by atoms with van der Waals surface area (Å²) in [7, 11) is 0. The molecular weight excluding hydrogens is 364 g/mol. The number of halogens is 2. The fraction of sp³-hybridized carbons (Fsp3) is 0.167. The highest BCUT2D eigenvalue weighted by atomic mass is 79.9. The zero-order valence-electron chi connectivity index (χ0n) is 9.04. The standard InChI is InChI=1S/C12H12Br2N2S/c13-8-1-3-11(10(15)7-8)16-6-5-9-2-4-12(14)17-9/h1-4,7,16H,5-6,15H2. The molecule has 0 spiro atoms. The Balaban J connectivity index is 1.90. The van der Waals surface area contributed by atoms with E-state index in [1.165, 1.54) is 8.66 Å². The van der Waals surface area contributed by atoms with Crippen LogP contribution in [0.3, 0.4) is 0 Å². The molecule has 0 amide bonds. The molecule has 1 heterocycles. The Morgan fingerprint density at radius 1 is 1.18 bits per heavy atom. The number of anilines is 2. The van der Waals surface area contributed by atoms with Crippen molar-refractivity contribution in [2.45, 2.75) is 6.42 Å². The summed E-state index contributed by atoms with van der Waals surface area (Å²) < 4.78 is 2.18. The van der Waals surface area contributed by atoms with Crippen molar-refractivity contribution in [1.82, 2.24) is 0 Å². The topological polar surface area (TPSA) is 38.0 Å². The zero-order chi connectivity index (χ0) is 12.3. The van der Waals surface area contributed by atoms with Crippen LogP contribution in [0.2, 0.25) is 0 Å². The summed E-state index contributed by atoms with van der Waals surface area (Å²) in [6.45, 7) is 0.888. The number of hydrogen-bond donors (Lipinski definition) is 2. The highest BCUT2D eigenvalue weighted by molar-refractivity contribution is 9.11. The summed E-state index contributed by atoms with van der Waals surface area (Å²) in [5.74, 6) is 0. The lowest BCUT2D eigenvalue weighted by Crippen LogP contribution is -2.05. The van der Waals surface area contributed by atoms with E-state index in [4.69, 9.17) is 5.73 Å². The summed E-state index contributed by atoms with van der Waals surface area (Å²) in [6, 6.07) is 10.1. The van der Waals surface area contributed by atoms with E-state index >= 15 is 0 Å². The molecule has 0 atom stereocenters. The van der Waals surface area contributed by atoms with Gasteiger partial charge in [-0.1, -0.05) is 15.9 Å². The summed E-state index contributed by atoms with van der Waals surface area (Å²) in [5.41, 5.74) is 7.67. The Hall–Kier alpha value is -0.520. The molecule has 0 saturated heterocycles. The second-order valence-electron chi connectivity index (χ2n) is 3.61. The van der Waals surface area contributed by atoms with Gasteiger partial charge >= 0.3 is 0 Å².